The maximum absolute atomic E-state index is 13.6. The SMILES string of the molecule is CCOC(=O)C1CCN(c2ccc3cccc(-c4ccccc4C(F)(F)F)c3n2)CC1. The van der Waals surface area contributed by atoms with E-state index in [9.17, 15) is 18.0 Å². The van der Waals surface area contributed by atoms with Crippen molar-refractivity contribution in [1.29, 1.82) is 0 Å². The number of halogens is 3. The Kier molecular flexibility index (Phi) is 5.85. The number of carbonyl (C=O) groups is 1. The van der Waals surface area contributed by atoms with Gasteiger partial charge < -0.3 is 9.64 Å². The number of aromatic nitrogens is 1. The number of piperidine rings is 1. The molecular formula is C24H23F3N2O2. The van der Waals surface area contributed by atoms with Gasteiger partial charge in [0.2, 0.25) is 0 Å². The van der Waals surface area contributed by atoms with Gasteiger partial charge in [-0.25, -0.2) is 4.98 Å². The third-order valence-corrected chi connectivity index (χ3v) is 5.67. The van der Waals surface area contributed by atoms with Gasteiger partial charge in [0.15, 0.2) is 0 Å². The van der Waals surface area contributed by atoms with Gasteiger partial charge in [0.25, 0.3) is 0 Å². The van der Waals surface area contributed by atoms with E-state index in [-0.39, 0.29) is 17.5 Å². The molecule has 7 heteroatoms. The number of carbonyl (C=O) groups excluding carboxylic acids is 1. The number of ether oxygens (including phenoxy) is 1. The van der Waals surface area contributed by atoms with Crippen LogP contribution in [-0.4, -0.2) is 30.6 Å². The van der Waals surface area contributed by atoms with Crippen LogP contribution in [-0.2, 0) is 15.7 Å². The summed E-state index contributed by atoms with van der Waals surface area (Å²) < 4.78 is 45.9. The van der Waals surface area contributed by atoms with Gasteiger partial charge in [-0.15, -0.1) is 0 Å². The molecule has 4 nitrogen and oxygen atoms in total. The minimum absolute atomic E-state index is 0.117. The van der Waals surface area contributed by atoms with Crippen molar-refractivity contribution in [2.45, 2.75) is 25.9 Å². The smallest absolute Gasteiger partial charge is 0.417 e. The summed E-state index contributed by atoms with van der Waals surface area (Å²) in [6.45, 7) is 3.45. The van der Waals surface area contributed by atoms with Crippen molar-refractivity contribution >= 4 is 22.7 Å². The lowest BCUT2D eigenvalue weighted by Gasteiger charge is -2.32. The zero-order chi connectivity index (χ0) is 22.0. The predicted molar refractivity (Wildman–Crippen MR) is 114 cm³/mol. The highest BCUT2D eigenvalue weighted by atomic mass is 19.4. The molecule has 3 aromatic rings. The Labute approximate surface area is 178 Å². The summed E-state index contributed by atoms with van der Waals surface area (Å²) in [5, 5.41) is 0.777. The van der Waals surface area contributed by atoms with Crippen LogP contribution in [0.3, 0.4) is 0 Å². The molecule has 162 valence electrons. The fraction of sp³-hybridized carbons (Fsp3) is 0.333. The summed E-state index contributed by atoms with van der Waals surface area (Å²) in [5.41, 5.74) is 0.425. The molecule has 0 unspecified atom stereocenters. The first-order valence-corrected chi connectivity index (χ1v) is 10.4. The molecule has 0 N–H and O–H groups in total. The Morgan fingerprint density at radius 2 is 1.74 bits per heavy atom. The highest BCUT2D eigenvalue weighted by molar-refractivity contribution is 5.95. The standard InChI is InChI=1S/C24H23F3N2O2/c1-2-31-23(30)17-12-14-29(15-13-17)21-11-10-16-6-5-8-19(22(16)28-21)18-7-3-4-9-20(18)24(25,26)27/h3-11,17H,2,12-15H2,1H3. The van der Waals surface area contributed by atoms with Crippen molar-refractivity contribution in [3.8, 4) is 11.1 Å². The summed E-state index contributed by atoms with van der Waals surface area (Å²) >= 11 is 0. The summed E-state index contributed by atoms with van der Waals surface area (Å²) in [7, 11) is 0. The van der Waals surface area contributed by atoms with Gasteiger partial charge in [0.1, 0.15) is 5.82 Å². The minimum atomic E-state index is -4.45. The van der Waals surface area contributed by atoms with Crippen molar-refractivity contribution in [3.63, 3.8) is 0 Å². The number of hydrogen-bond donors (Lipinski definition) is 0. The minimum Gasteiger partial charge on any atom is -0.466 e. The highest BCUT2D eigenvalue weighted by Gasteiger charge is 2.34. The zero-order valence-corrected chi connectivity index (χ0v) is 17.2. The largest absolute Gasteiger partial charge is 0.466 e. The number of fused-ring (bicyclic) bond motifs is 1. The maximum atomic E-state index is 13.6. The molecule has 0 atom stereocenters. The first-order chi connectivity index (χ1) is 14.9. The monoisotopic (exact) mass is 428 g/mol. The van der Waals surface area contributed by atoms with Crippen LogP contribution in [0.25, 0.3) is 22.0 Å². The normalized spacial score (nSPS) is 15.3. The van der Waals surface area contributed by atoms with E-state index in [1.54, 1.807) is 25.1 Å². The van der Waals surface area contributed by atoms with E-state index in [0.717, 1.165) is 11.5 Å². The van der Waals surface area contributed by atoms with Crippen LogP contribution in [0, 0.1) is 5.92 Å². The lowest BCUT2D eigenvalue weighted by atomic mass is 9.96. The van der Waals surface area contributed by atoms with E-state index in [1.807, 2.05) is 18.2 Å². The van der Waals surface area contributed by atoms with Gasteiger partial charge in [-0.3, -0.25) is 4.79 Å². The first kappa shape index (κ1) is 21.2. The molecule has 1 fully saturated rings. The van der Waals surface area contributed by atoms with Gasteiger partial charge >= 0.3 is 12.1 Å². The van der Waals surface area contributed by atoms with Gasteiger partial charge in [0, 0.05) is 24.0 Å². The summed E-state index contributed by atoms with van der Waals surface area (Å²) in [6.07, 6.45) is -3.13. The van der Waals surface area contributed by atoms with Crippen molar-refractivity contribution in [2.24, 2.45) is 5.92 Å². The molecule has 1 aromatic heterocycles. The van der Waals surface area contributed by atoms with Gasteiger partial charge in [-0.05, 0) is 43.5 Å². The molecule has 0 saturated carbocycles. The topological polar surface area (TPSA) is 42.4 Å². The summed E-state index contributed by atoms with van der Waals surface area (Å²) in [6, 6.07) is 14.6. The number of esters is 1. The van der Waals surface area contributed by atoms with Crippen LogP contribution in [0.2, 0.25) is 0 Å². The lowest BCUT2D eigenvalue weighted by Crippen LogP contribution is -2.37. The number of para-hydroxylation sites is 1. The average Bonchev–Trinajstić information content (AvgIpc) is 2.78. The summed E-state index contributed by atoms with van der Waals surface area (Å²) in [4.78, 5) is 18.8. The Morgan fingerprint density at radius 1 is 1.03 bits per heavy atom. The van der Waals surface area contributed by atoms with Crippen LogP contribution in [0.4, 0.5) is 19.0 Å². The number of pyridine rings is 1. The Morgan fingerprint density at radius 3 is 2.45 bits per heavy atom. The zero-order valence-electron chi connectivity index (χ0n) is 17.2. The fourth-order valence-corrected chi connectivity index (χ4v) is 4.10. The molecule has 0 aliphatic carbocycles. The number of hydrogen-bond acceptors (Lipinski definition) is 4. The molecule has 0 radical (unpaired) electrons. The van der Waals surface area contributed by atoms with E-state index in [4.69, 9.17) is 9.72 Å². The average molecular weight is 428 g/mol. The molecule has 0 bridgehead atoms. The van der Waals surface area contributed by atoms with E-state index < -0.39 is 11.7 Å². The third-order valence-electron chi connectivity index (χ3n) is 5.67. The molecule has 2 heterocycles. The Bertz CT molecular complexity index is 1090. The predicted octanol–water partition coefficient (Wildman–Crippen LogP) is 5.70. The van der Waals surface area contributed by atoms with Crippen LogP contribution in [0.15, 0.2) is 54.6 Å². The third kappa shape index (κ3) is 4.36. The molecule has 4 rings (SSSR count). The molecule has 1 aliphatic heterocycles. The van der Waals surface area contributed by atoms with Crippen LogP contribution in [0.5, 0.6) is 0 Å². The molecule has 2 aromatic carbocycles. The van der Waals surface area contributed by atoms with Crippen molar-refractivity contribution in [3.05, 3.63) is 60.2 Å². The lowest BCUT2D eigenvalue weighted by molar-refractivity contribution is -0.148. The first-order valence-electron chi connectivity index (χ1n) is 10.4. The Balaban J connectivity index is 1.68. The number of anilines is 1. The highest BCUT2D eigenvalue weighted by Crippen LogP contribution is 2.39. The van der Waals surface area contributed by atoms with Crippen molar-refractivity contribution < 1.29 is 22.7 Å². The number of alkyl halides is 3. The number of rotatable bonds is 4. The molecule has 0 spiro atoms. The van der Waals surface area contributed by atoms with E-state index in [2.05, 4.69) is 4.90 Å². The van der Waals surface area contributed by atoms with E-state index in [0.29, 0.717) is 49.4 Å². The molecule has 0 amide bonds. The molecule has 1 aliphatic rings. The molecule has 31 heavy (non-hydrogen) atoms. The fourth-order valence-electron chi connectivity index (χ4n) is 4.10. The van der Waals surface area contributed by atoms with Gasteiger partial charge in [-0.1, -0.05) is 36.4 Å². The molecular weight excluding hydrogens is 405 g/mol. The quantitative estimate of drug-likeness (QED) is 0.500. The van der Waals surface area contributed by atoms with Crippen LogP contribution < -0.4 is 4.90 Å². The Hall–Kier alpha value is -3.09. The van der Waals surface area contributed by atoms with Crippen molar-refractivity contribution in [1.82, 2.24) is 4.98 Å². The maximum Gasteiger partial charge on any atom is 0.417 e. The second kappa shape index (κ2) is 8.57. The van der Waals surface area contributed by atoms with E-state index in [1.165, 1.54) is 12.1 Å². The van der Waals surface area contributed by atoms with Gasteiger partial charge in [0.05, 0.1) is 23.6 Å². The van der Waals surface area contributed by atoms with Crippen LogP contribution in [0.1, 0.15) is 25.3 Å². The summed E-state index contributed by atoms with van der Waals surface area (Å²) in [5.74, 6) is 0.414. The van der Waals surface area contributed by atoms with Crippen molar-refractivity contribution in [2.75, 3.05) is 24.6 Å². The number of benzene rings is 2. The number of nitrogens with zero attached hydrogens (tertiary/aromatic N) is 2. The second-order valence-corrected chi connectivity index (χ2v) is 7.60. The second-order valence-electron chi connectivity index (χ2n) is 7.60. The van der Waals surface area contributed by atoms with E-state index >= 15 is 0 Å². The molecule has 1 saturated heterocycles. The van der Waals surface area contributed by atoms with Crippen LogP contribution >= 0.6 is 0 Å². The van der Waals surface area contributed by atoms with Gasteiger partial charge in [-0.2, -0.15) is 13.2 Å².